The van der Waals surface area contributed by atoms with Crippen LogP contribution in [0.25, 0.3) is 5.69 Å². The summed E-state index contributed by atoms with van der Waals surface area (Å²) in [6.07, 6.45) is 8.06. The quantitative estimate of drug-likeness (QED) is 0.917. The average molecular weight is 283 g/mol. The number of aromatic nitrogens is 2. The topological polar surface area (TPSA) is 39.1 Å². The molecule has 2 aliphatic rings. The molecule has 0 spiro atoms. The molecular formula is C17H21N3O. The van der Waals surface area contributed by atoms with E-state index in [0.29, 0.717) is 5.92 Å². The third-order valence-corrected chi connectivity index (χ3v) is 4.41. The van der Waals surface area contributed by atoms with Crippen molar-refractivity contribution in [2.45, 2.75) is 31.4 Å². The first kappa shape index (κ1) is 13.0. The van der Waals surface area contributed by atoms with Crippen molar-refractivity contribution in [2.75, 3.05) is 13.2 Å². The summed E-state index contributed by atoms with van der Waals surface area (Å²) in [4.78, 5) is 0. The predicted octanol–water partition coefficient (Wildman–Crippen LogP) is 2.70. The predicted molar refractivity (Wildman–Crippen MR) is 81.4 cm³/mol. The van der Waals surface area contributed by atoms with E-state index in [0.717, 1.165) is 31.3 Å². The molecule has 1 aromatic carbocycles. The Morgan fingerprint density at radius 3 is 2.86 bits per heavy atom. The van der Waals surface area contributed by atoms with Gasteiger partial charge in [-0.25, -0.2) is 4.68 Å². The average Bonchev–Trinajstić information content (AvgIpc) is 3.03. The van der Waals surface area contributed by atoms with E-state index in [1.54, 1.807) is 0 Å². The van der Waals surface area contributed by atoms with Crippen molar-refractivity contribution < 1.29 is 4.74 Å². The normalized spacial score (nSPS) is 25.3. The summed E-state index contributed by atoms with van der Waals surface area (Å²) < 4.78 is 7.89. The fourth-order valence-electron chi connectivity index (χ4n) is 3.02. The summed E-state index contributed by atoms with van der Waals surface area (Å²) in [5, 5.41) is 8.12. The van der Waals surface area contributed by atoms with Gasteiger partial charge in [0.05, 0.1) is 18.0 Å². The molecule has 0 amide bonds. The molecule has 4 heteroatoms. The van der Waals surface area contributed by atoms with E-state index in [-0.39, 0.29) is 6.10 Å². The molecule has 4 rings (SSSR count). The van der Waals surface area contributed by atoms with Gasteiger partial charge in [-0.3, -0.25) is 0 Å². The van der Waals surface area contributed by atoms with E-state index in [9.17, 15) is 0 Å². The largest absolute Gasteiger partial charge is 0.373 e. The van der Waals surface area contributed by atoms with Gasteiger partial charge in [-0.05, 0) is 31.4 Å². The van der Waals surface area contributed by atoms with Crippen LogP contribution in [0.15, 0.2) is 42.7 Å². The number of ether oxygens (including phenoxy) is 1. The maximum absolute atomic E-state index is 5.96. The van der Waals surface area contributed by atoms with E-state index < -0.39 is 0 Å². The zero-order valence-corrected chi connectivity index (χ0v) is 12.1. The Morgan fingerprint density at radius 2 is 2.05 bits per heavy atom. The second-order valence-corrected chi connectivity index (χ2v) is 6.08. The lowest BCUT2D eigenvalue weighted by Crippen LogP contribution is -2.26. The summed E-state index contributed by atoms with van der Waals surface area (Å²) in [6.45, 7) is 1.92. The summed E-state index contributed by atoms with van der Waals surface area (Å²) in [6, 6.07) is 11.0. The Balaban J connectivity index is 1.48. The lowest BCUT2D eigenvalue weighted by atomic mass is 9.97. The van der Waals surface area contributed by atoms with E-state index in [1.807, 2.05) is 29.1 Å². The standard InChI is InChI=1S/C17H21N3O/c1-2-4-16(5-3-1)20-12-14(11-19-20)17-13(8-9-21-17)10-18-15-6-7-15/h1-5,11-13,15,17-18H,6-10H2. The van der Waals surface area contributed by atoms with Crippen LogP contribution in [0.5, 0.6) is 0 Å². The molecule has 2 aromatic rings. The van der Waals surface area contributed by atoms with Gasteiger partial charge in [-0.2, -0.15) is 5.10 Å². The van der Waals surface area contributed by atoms with Crippen molar-refractivity contribution in [3.8, 4) is 5.69 Å². The molecule has 2 unspecified atom stereocenters. The monoisotopic (exact) mass is 283 g/mol. The third kappa shape index (κ3) is 2.87. The number of benzene rings is 1. The Morgan fingerprint density at radius 1 is 1.19 bits per heavy atom. The van der Waals surface area contributed by atoms with E-state index in [1.165, 1.54) is 18.4 Å². The van der Waals surface area contributed by atoms with Crippen molar-refractivity contribution in [1.82, 2.24) is 15.1 Å². The van der Waals surface area contributed by atoms with Gasteiger partial charge in [0.25, 0.3) is 0 Å². The number of nitrogens with zero attached hydrogens (tertiary/aromatic N) is 2. The van der Waals surface area contributed by atoms with Gasteiger partial charge in [-0.1, -0.05) is 18.2 Å². The van der Waals surface area contributed by atoms with Gasteiger partial charge < -0.3 is 10.1 Å². The maximum atomic E-state index is 5.96. The molecule has 0 radical (unpaired) electrons. The molecule has 2 atom stereocenters. The highest BCUT2D eigenvalue weighted by Crippen LogP contribution is 2.34. The van der Waals surface area contributed by atoms with Crippen LogP contribution in [-0.2, 0) is 4.74 Å². The molecule has 4 nitrogen and oxygen atoms in total. The molecule has 2 fully saturated rings. The molecule has 1 saturated carbocycles. The van der Waals surface area contributed by atoms with Crippen LogP contribution in [-0.4, -0.2) is 29.0 Å². The van der Waals surface area contributed by atoms with Crippen LogP contribution in [0.4, 0.5) is 0 Å². The summed E-state index contributed by atoms with van der Waals surface area (Å²) in [7, 11) is 0. The van der Waals surface area contributed by atoms with Crippen LogP contribution in [0.1, 0.15) is 30.9 Å². The molecule has 2 heterocycles. The minimum atomic E-state index is 0.189. The smallest absolute Gasteiger partial charge is 0.0896 e. The van der Waals surface area contributed by atoms with Crippen LogP contribution in [0.3, 0.4) is 0 Å². The molecule has 1 aliphatic carbocycles. The summed E-state index contributed by atoms with van der Waals surface area (Å²) in [5.74, 6) is 0.569. The van der Waals surface area contributed by atoms with Crippen LogP contribution >= 0.6 is 0 Å². The Bertz CT molecular complexity index is 591. The number of rotatable bonds is 5. The SMILES string of the molecule is c1ccc(-n2cc(C3OCCC3CNC3CC3)cn2)cc1. The molecule has 1 saturated heterocycles. The minimum absolute atomic E-state index is 0.189. The van der Waals surface area contributed by atoms with Gasteiger partial charge in [0.15, 0.2) is 0 Å². The van der Waals surface area contributed by atoms with Gasteiger partial charge >= 0.3 is 0 Å². The number of hydrogen-bond acceptors (Lipinski definition) is 3. The summed E-state index contributed by atoms with van der Waals surface area (Å²) >= 11 is 0. The highest BCUT2D eigenvalue weighted by atomic mass is 16.5. The lowest BCUT2D eigenvalue weighted by molar-refractivity contribution is 0.0904. The lowest BCUT2D eigenvalue weighted by Gasteiger charge is -2.17. The molecule has 1 aliphatic heterocycles. The van der Waals surface area contributed by atoms with Crippen molar-refractivity contribution in [1.29, 1.82) is 0 Å². The first-order valence-corrected chi connectivity index (χ1v) is 7.85. The van der Waals surface area contributed by atoms with Gasteiger partial charge in [0.1, 0.15) is 0 Å². The molecule has 110 valence electrons. The Kier molecular flexibility index (Phi) is 3.49. The van der Waals surface area contributed by atoms with Crippen LogP contribution in [0.2, 0.25) is 0 Å². The maximum Gasteiger partial charge on any atom is 0.0896 e. The molecular weight excluding hydrogens is 262 g/mol. The number of para-hydroxylation sites is 1. The number of nitrogens with one attached hydrogen (secondary N) is 1. The van der Waals surface area contributed by atoms with Crippen molar-refractivity contribution in [2.24, 2.45) is 5.92 Å². The van der Waals surface area contributed by atoms with Crippen molar-refractivity contribution in [3.05, 3.63) is 48.3 Å². The first-order valence-electron chi connectivity index (χ1n) is 7.85. The molecule has 1 aromatic heterocycles. The molecule has 21 heavy (non-hydrogen) atoms. The highest BCUT2D eigenvalue weighted by molar-refractivity contribution is 5.31. The fraction of sp³-hybridized carbons (Fsp3) is 0.471. The van der Waals surface area contributed by atoms with Gasteiger partial charge in [0.2, 0.25) is 0 Å². The van der Waals surface area contributed by atoms with Crippen LogP contribution < -0.4 is 5.32 Å². The number of hydrogen-bond donors (Lipinski definition) is 1. The van der Waals surface area contributed by atoms with E-state index in [2.05, 4.69) is 28.7 Å². The highest BCUT2D eigenvalue weighted by Gasteiger charge is 2.32. The second kappa shape index (κ2) is 5.62. The summed E-state index contributed by atoms with van der Waals surface area (Å²) in [5.41, 5.74) is 2.29. The van der Waals surface area contributed by atoms with E-state index >= 15 is 0 Å². The Labute approximate surface area is 125 Å². The zero-order chi connectivity index (χ0) is 14.1. The van der Waals surface area contributed by atoms with Crippen LogP contribution in [0, 0.1) is 5.92 Å². The molecule has 1 N–H and O–H groups in total. The molecule has 0 bridgehead atoms. The minimum Gasteiger partial charge on any atom is -0.373 e. The van der Waals surface area contributed by atoms with Gasteiger partial charge in [-0.15, -0.1) is 0 Å². The first-order chi connectivity index (χ1) is 10.4. The van der Waals surface area contributed by atoms with E-state index in [4.69, 9.17) is 4.74 Å². The zero-order valence-electron chi connectivity index (χ0n) is 12.1. The van der Waals surface area contributed by atoms with Crippen molar-refractivity contribution >= 4 is 0 Å². The van der Waals surface area contributed by atoms with Crippen molar-refractivity contribution in [3.63, 3.8) is 0 Å². The van der Waals surface area contributed by atoms with Gasteiger partial charge in [0, 0.05) is 36.9 Å². The Hall–Kier alpha value is -1.65. The second-order valence-electron chi connectivity index (χ2n) is 6.08. The third-order valence-electron chi connectivity index (χ3n) is 4.41. The fourth-order valence-corrected chi connectivity index (χ4v) is 3.02.